The van der Waals surface area contributed by atoms with Gasteiger partial charge in [-0.05, 0) is 51.2 Å². The van der Waals surface area contributed by atoms with Crippen LogP contribution in [-0.2, 0) is 12.8 Å². The minimum absolute atomic E-state index is 0.0102. The number of thiophene rings is 1. The molecule has 1 aliphatic rings. The van der Waals surface area contributed by atoms with E-state index in [4.69, 9.17) is 10.9 Å². The Hall–Kier alpha value is -1.56. The molecule has 0 saturated carbocycles. The number of carbonyl (C=O) groups excluding carboxylic acids is 1. The van der Waals surface area contributed by atoms with Gasteiger partial charge >= 0.3 is 0 Å². The number of amidine groups is 1. The third-order valence-corrected chi connectivity index (χ3v) is 4.88. The molecule has 0 spiro atoms. The number of nitrogens with zero attached hydrogens (tertiary/aromatic N) is 1. The van der Waals surface area contributed by atoms with Crippen LogP contribution in [0.4, 0.5) is 0 Å². The smallest absolute Gasteiger partial charge is 0.262 e. The number of amides is 1. The average Bonchev–Trinajstić information content (AvgIpc) is 2.69. The van der Waals surface area contributed by atoms with Crippen LogP contribution in [0.25, 0.3) is 0 Å². The minimum atomic E-state index is -0.868. The largest absolute Gasteiger partial charge is 0.409 e. The normalized spacial score (nSPS) is 16.4. The Morgan fingerprint density at radius 3 is 2.80 bits per heavy atom. The van der Waals surface area contributed by atoms with E-state index >= 15 is 0 Å². The zero-order valence-corrected chi connectivity index (χ0v) is 12.7. The third-order valence-electron chi connectivity index (χ3n) is 3.64. The fourth-order valence-electron chi connectivity index (χ4n) is 2.31. The van der Waals surface area contributed by atoms with Crippen LogP contribution in [0.3, 0.4) is 0 Å². The van der Waals surface area contributed by atoms with E-state index in [2.05, 4.69) is 10.5 Å². The lowest BCUT2D eigenvalue weighted by molar-refractivity contribution is 0.0935. The Labute approximate surface area is 122 Å². The van der Waals surface area contributed by atoms with Gasteiger partial charge in [-0.1, -0.05) is 11.6 Å². The molecule has 1 amide bonds. The summed E-state index contributed by atoms with van der Waals surface area (Å²) in [5.74, 6) is -0.177. The van der Waals surface area contributed by atoms with Gasteiger partial charge in [0.1, 0.15) is 0 Å². The molecule has 1 aromatic heterocycles. The van der Waals surface area contributed by atoms with E-state index in [9.17, 15) is 4.79 Å². The fraction of sp³-hybridized carbons (Fsp3) is 0.571. The molecule has 0 bridgehead atoms. The maximum atomic E-state index is 12.3. The van der Waals surface area contributed by atoms with Gasteiger partial charge in [-0.25, -0.2) is 0 Å². The molecule has 0 saturated heterocycles. The van der Waals surface area contributed by atoms with E-state index in [1.807, 2.05) is 6.07 Å². The van der Waals surface area contributed by atoms with Gasteiger partial charge in [-0.2, -0.15) is 0 Å². The molecular formula is C14H21N3O2S. The molecule has 5 nitrogen and oxygen atoms in total. The second-order valence-corrected chi connectivity index (χ2v) is 6.82. The lowest BCUT2D eigenvalue weighted by Gasteiger charge is -2.24. The second kappa shape index (κ2) is 5.83. The van der Waals surface area contributed by atoms with Gasteiger partial charge in [0.25, 0.3) is 5.91 Å². The van der Waals surface area contributed by atoms with Gasteiger partial charge in [0.05, 0.1) is 10.4 Å². The molecule has 0 fully saturated rings. The first-order valence-corrected chi connectivity index (χ1v) is 7.68. The van der Waals surface area contributed by atoms with E-state index in [1.54, 1.807) is 25.2 Å². The van der Waals surface area contributed by atoms with Gasteiger partial charge in [-0.3, -0.25) is 4.79 Å². The van der Waals surface area contributed by atoms with Crippen molar-refractivity contribution in [2.45, 2.75) is 51.5 Å². The molecule has 20 heavy (non-hydrogen) atoms. The lowest BCUT2D eigenvalue weighted by Crippen LogP contribution is -2.53. The van der Waals surface area contributed by atoms with Crippen molar-refractivity contribution in [3.05, 3.63) is 21.4 Å². The Balaban J connectivity index is 2.14. The SMILES string of the molecule is CC(C)(NC(=O)c1cc2c(s1)CCCCC2)/C(N)=N/O. The van der Waals surface area contributed by atoms with Crippen LogP contribution >= 0.6 is 11.3 Å². The fourth-order valence-corrected chi connectivity index (χ4v) is 3.46. The molecule has 110 valence electrons. The van der Waals surface area contributed by atoms with Crippen molar-refractivity contribution in [3.63, 3.8) is 0 Å². The number of fused-ring (bicyclic) bond motifs is 1. The summed E-state index contributed by atoms with van der Waals surface area (Å²) < 4.78 is 0. The molecule has 6 heteroatoms. The number of rotatable bonds is 3. The predicted octanol–water partition coefficient (Wildman–Crippen LogP) is 2.27. The van der Waals surface area contributed by atoms with Gasteiger partial charge in [0, 0.05) is 4.88 Å². The first kappa shape index (κ1) is 14.8. The molecule has 1 aromatic rings. The summed E-state index contributed by atoms with van der Waals surface area (Å²) in [6, 6.07) is 1.99. The first-order valence-electron chi connectivity index (χ1n) is 6.86. The Kier molecular flexibility index (Phi) is 4.32. The van der Waals surface area contributed by atoms with Crippen LogP contribution in [0.15, 0.2) is 11.2 Å². The predicted molar refractivity (Wildman–Crippen MR) is 80.5 cm³/mol. The molecule has 2 rings (SSSR count). The lowest BCUT2D eigenvalue weighted by atomic mass is 10.0. The third kappa shape index (κ3) is 3.12. The number of aryl methyl sites for hydroxylation is 2. The molecule has 1 aliphatic carbocycles. The van der Waals surface area contributed by atoms with E-state index in [0.717, 1.165) is 12.8 Å². The quantitative estimate of drug-likeness (QED) is 0.263. The van der Waals surface area contributed by atoms with Crippen molar-refractivity contribution >= 4 is 23.1 Å². The van der Waals surface area contributed by atoms with Crippen molar-refractivity contribution in [2.75, 3.05) is 0 Å². The topological polar surface area (TPSA) is 87.7 Å². The summed E-state index contributed by atoms with van der Waals surface area (Å²) in [5, 5.41) is 14.5. The van der Waals surface area contributed by atoms with Gasteiger partial charge in [0.2, 0.25) is 0 Å². The summed E-state index contributed by atoms with van der Waals surface area (Å²) in [6.07, 6.45) is 5.78. The monoisotopic (exact) mass is 295 g/mol. The van der Waals surface area contributed by atoms with E-state index in [0.29, 0.717) is 4.88 Å². The van der Waals surface area contributed by atoms with Gasteiger partial charge < -0.3 is 16.3 Å². The molecule has 0 unspecified atom stereocenters. The Bertz CT molecular complexity index is 511. The van der Waals surface area contributed by atoms with E-state index in [1.165, 1.54) is 29.7 Å². The maximum Gasteiger partial charge on any atom is 0.262 e. The average molecular weight is 295 g/mol. The van der Waals surface area contributed by atoms with Crippen molar-refractivity contribution in [1.82, 2.24) is 5.32 Å². The minimum Gasteiger partial charge on any atom is -0.409 e. The number of hydrogen-bond donors (Lipinski definition) is 3. The van der Waals surface area contributed by atoms with Crippen LogP contribution in [0, 0.1) is 0 Å². The number of nitrogens with one attached hydrogen (secondary N) is 1. The standard InChI is InChI=1S/C14H21N3O2S/c1-14(2,13(15)17-19)16-12(18)11-8-9-6-4-3-5-7-10(9)20-11/h8,19H,3-7H2,1-2H3,(H2,15,17)(H,16,18). The Morgan fingerprint density at radius 1 is 1.40 bits per heavy atom. The number of carbonyl (C=O) groups is 1. The molecule has 0 radical (unpaired) electrons. The van der Waals surface area contributed by atoms with E-state index in [-0.39, 0.29) is 11.7 Å². The van der Waals surface area contributed by atoms with Crippen LogP contribution < -0.4 is 11.1 Å². The first-order chi connectivity index (χ1) is 9.44. The molecule has 0 atom stereocenters. The summed E-state index contributed by atoms with van der Waals surface area (Å²) in [4.78, 5) is 14.3. The summed E-state index contributed by atoms with van der Waals surface area (Å²) in [5.41, 5.74) is 6.02. The molecule has 0 aromatic carbocycles. The highest BCUT2D eigenvalue weighted by Crippen LogP contribution is 2.29. The highest BCUT2D eigenvalue weighted by Gasteiger charge is 2.27. The Morgan fingerprint density at radius 2 is 2.10 bits per heavy atom. The highest BCUT2D eigenvalue weighted by molar-refractivity contribution is 7.14. The van der Waals surface area contributed by atoms with Gasteiger partial charge in [0.15, 0.2) is 5.84 Å². The zero-order chi connectivity index (χ0) is 14.8. The zero-order valence-electron chi connectivity index (χ0n) is 11.9. The van der Waals surface area contributed by atoms with Crippen molar-refractivity contribution in [2.24, 2.45) is 10.9 Å². The molecule has 1 heterocycles. The number of oxime groups is 1. The van der Waals surface area contributed by atoms with Gasteiger partial charge in [-0.15, -0.1) is 11.3 Å². The second-order valence-electron chi connectivity index (χ2n) is 5.68. The summed E-state index contributed by atoms with van der Waals surface area (Å²) in [7, 11) is 0. The van der Waals surface area contributed by atoms with Crippen LogP contribution in [0.2, 0.25) is 0 Å². The van der Waals surface area contributed by atoms with Crippen LogP contribution in [-0.4, -0.2) is 22.5 Å². The van der Waals surface area contributed by atoms with E-state index < -0.39 is 5.54 Å². The molecule has 4 N–H and O–H groups in total. The van der Waals surface area contributed by atoms with Crippen LogP contribution in [0.1, 0.15) is 53.2 Å². The van der Waals surface area contributed by atoms with Crippen LogP contribution in [0.5, 0.6) is 0 Å². The number of nitrogens with two attached hydrogens (primary N) is 1. The summed E-state index contributed by atoms with van der Waals surface area (Å²) in [6.45, 7) is 3.41. The van der Waals surface area contributed by atoms with Crippen molar-refractivity contribution < 1.29 is 10.0 Å². The van der Waals surface area contributed by atoms with Crippen molar-refractivity contribution in [1.29, 1.82) is 0 Å². The molecule has 0 aliphatic heterocycles. The van der Waals surface area contributed by atoms with Crippen molar-refractivity contribution in [3.8, 4) is 0 Å². The number of hydrogen-bond acceptors (Lipinski definition) is 4. The summed E-state index contributed by atoms with van der Waals surface area (Å²) >= 11 is 1.56. The highest BCUT2D eigenvalue weighted by atomic mass is 32.1. The maximum absolute atomic E-state index is 12.3. The molecular weight excluding hydrogens is 274 g/mol.